The molecule has 0 spiro atoms. The van der Waals surface area contributed by atoms with Crippen molar-refractivity contribution in [1.29, 1.82) is 0 Å². The smallest absolute Gasteiger partial charge is 0.311 e. The quantitative estimate of drug-likeness (QED) is 0.820. The van der Waals surface area contributed by atoms with Crippen molar-refractivity contribution in [3.05, 3.63) is 11.2 Å². The second kappa shape index (κ2) is 4.27. The molecule has 1 aromatic heterocycles. The van der Waals surface area contributed by atoms with Crippen LogP contribution in [0, 0.1) is 0 Å². The highest BCUT2D eigenvalue weighted by molar-refractivity contribution is 7.14. The van der Waals surface area contributed by atoms with Crippen LogP contribution in [0.4, 0.5) is 13.8 Å². The molecule has 1 aromatic rings. The highest BCUT2D eigenvalue weighted by Crippen LogP contribution is 2.20. The number of nitrogens with one attached hydrogen (secondary N) is 1. The lowest BCUT2D eigenvalue weighted by Crippen LogP contribution is -2.20. The molecule has 72 valence electrons. The Morgan fingerprint density at radius 1 is 1.77 bits per heavy atom. The minimum absolute atomic E-state index is 0.410. The average molecular weight is 206 g/mol. The molecular formula is C7H8F2N2OS. The van der Waals surface area contributed by atoms with Crippen LogP contribution in [0.3, 0.4) is 0 Å². The highest BCUT2D eigenvalue weighted by Gasteiger charge is 2.17. The summed E-state index contributed by atoms with van der Waals surface area (Å²) in [5.41, 5.74) is 2.15. The lowest BCUT2D eigenvalue weighted by atomic mass is 10.3. The van der Waals surface area contributed by atoms with Crippen LogP contribution in [0.1, 0.15) is 12.6 Å². The Labute approximate surface area is 77.8 Å². The fraction of sp³-hybridized carbons (Fsp3) is 0.429. The Morgan fingerprint density at radius 2 is 2.46 bits per heavy atom. The third kappa shape index (κ3) is 2.45. The van der Waals surface area contributed by atoms with E-state index in [2.05, 4.69) is 10.3 Å². The molecule has 13 heavy (non-hydrogen) atoms. The summed E-state index contributed by atoms with van der Waals surface area (Å²) < 4.78 is 23.7. The molecule has 0 aliphatic heterocycles. The molecule has 3 nitrogen and oxygen atoms in total. The lowest BCUT2D eigenvalue weighted by Gasteiger charge is -2.01. The van der Waals surface area contributed by atoms with E-state index in [1.54, 1.807) is 0 Å². The van der Waals surface area contributed by atoms with Gasteiger partial charge in [0, 0.05) is 0 Å². The number of aromatic nitrogens is 1. The van der Waals surface area contributed by atoms with E-state index in [0.717, 1.165) is 11.3 Å². The summed E-state index contributed by atoms with van der Waals surface area (Å²) in [6.45, 7) is 1.84. The minimum atomic E-state index is -2.98. The van der Waals surface area contributed by atoms with Crippen molar-refractivity contribution in [2.45, 2.75) is 19.8 Å². The second-order valence-electron chi connectivity index (χ2n) is 2.27. The molecule has 0 saturated carbocycles. The minimum Gasteiger partial charge on any atom is -0.311 e. The van der Waals surface area contributed by atoms with E-state index in [0.29, 0.717) is 17.1 Å². The summed E-state index contributed by atoms with van der Waals surface area (Å²) in [4.78, 5) is 14.5. The predicted molar refractivity (Wildman–Crippen MR) is 46.1 cm³/mol. The van der Waals surface area contributed by atoms with Crippen LogP contribution in [0.15, 0.2) is 5.51 Å². The van der Waals surface area contributed by atoms with E-state index in [4.69, 9.17) is 0 Å². The van der Waals surface area contributed by atoms with Crippen molar-refractivity contribution in [2.24, 2.45) is 0 Å². The third-order valence-electron chi connectivity index (χ3n) is 1.41. The maximum absolute atomic E-state index is 11.8. The highest BCUT2D eigenvalue weighted by atomic mass is 32.1. The average Bonchev–Trinajstić information content (AvgIpc) is 2.51. The van der Waals surface area contributed by atoms with Gasteiger partial charge in [0.05, 0.1) is 11.2 Å². The fourth-order valence-corrected chi connectivity index (χ4v) is 1.57. The number of halogens is 2. The van der Waals surface area contributed by atoms with Crippen LogP contribution in [0.25, 0.3) is 0 Å². The van der Waals surface area contributed by atoms with Gasteiger partial charge in [0.25, 0.3) is 5.91 Å². The number of amides is 1. The first-order valence-electron chi connectivity index (χ1n) is 3.66. The zero-order valence-corrected chi connectivity index (χ0v) is 7.70. The Bertz CT molecular complexity index is 300. The molecule has 0 radical (unpaired) electrons. The van der Waals surface area contributed by atoms with Gasteiger partial charge in [0.1, 0.15) is 5.00 Å². The van der Waals surface area contributed by atoms with Gasteiger partial charge in [-0.2, -0.15) is 8.78 Å². The van der Waals surface area contributed by atoms with Crippen LogP contribution >= 0.6 is 11.3 Å². The Balaban J connectivity index is 2.68. The molecular weight excluding hydrogens is 198 g/mol. The van der Waals surface area contributed by atoms with E-state index in [-0.39, 0.29) is 0 Å². The van der Waals surface area contributed by atoms with Gasteiger partial charge in [-0.3, -0.25) is 4.79 Å². The standard InChI is InChI=1S/C7H8F2N2OS/c1-2-4-7(13-3-10-4)11-6(12)5(8)9/h3,5H,2H2,1H3,(H,11,12). The summed E-state index contributed by atoms with van der Waals surface area (Å²) in [5.74, 6) is -1.28. The normalized spacial score (nSPS) is 10.5. The molecule has 1 amide bonds. The summed E-state index contributed by atoms with van der Waals surface area (Å²) in [7, 11) is 0. The molecule has 0 aliphatic carbocycles. The van der Waals surface area contributed by atoms with Gasteiger partial charge in [0.2, 0.25) is 0 Å². The predicted octanol–water partition coefficient (Wildman–Crippen LogP) is 1.91. The van der Waals surface area contributed by atoms with Crippen molar-refractivity contribution >= 4 is 22.2 Å². The van der Waals surface area contributed by atoms with Gasteiger partial charge in [-0.05, 0) is 6.42 Å². The zero-order chi connectivity index (χ0) is 9.84. The molecule has 0 fully saturated rings. The Morgan fingerprint density at radius 3 is 3.00 bits per heavy atom. The first-order valence-corrected chi connectivity index (χ1v) is 4.54. The molecule has 0 unspecified atom stereocenters. The number of aryl methyl sites for hydroxylation is 1. The van der Waals surface area contributed by atoms with E-state index in [1.165, 1.54) is 5.51 Å². The number of carbonyl (C=O) groups excluding carboxylic acids is 1. The maximum atomic E-state index is 11.8. The van der Waals surface area contributed by atoms with E-state index in [9.17, 15) is 13.6 Å². The SMILES string of the molecule is CCc1ncsc1NC(=O)C(F)F. The number of alkyl halides is 2. The molecule has 0 atom stereocenters. The molecule has 1 N–H and O–H groups in total. The molecule has 0 aromatic carbocycles. The summed E-state index contributed by atoms with van der Waals surface area (Å²) in [6.07, 6.45) is -2.37. The largest absolute Gasteiger partial charge is 0.315 e. The van der Waals surface area contributed by atoms with Crippen LogP contribution in [-0.4, -0.2) is 17.3 Å². The number of nitrogens with zero attached hydrogens (tertiary/aromatic N) is 1. The summed E-state index contributed by atoms with van der Waals surface area (Å²) in [5, 5.41) is 2.52. The van der Waals surface area contributed by atoms with Crippen LogP contribution in [-0.2, 0) is 11.2 Å². The Hall–Kier alpha value is -1.04. The molecule has 1 heterocycles. The van der Waals surface area contributed by atoms with Gasteiger partial charge in [-0.15, -0.1) is 11.3 Å². The van der Waals surface area contributed by atoms with Crippen molar-refractivity contribution in [1.82, 2.24) is 4.98 Å². The van der Waals surface area contributed by atoms with Gasteiger partial charge in [0.15, 0.2) is 0 Å². The number of anilines is 1. The van der Waals surface area contributed by atoms with Crippen molar-refractivity contribution in [3.63, 3.8) is 0 Å². The first kappa shape index (κ1) is 10.0. The number of thiazole rings is 1. The first-order chi connectivity index (χ1) is 6.15. The molecule has 0 aliphatic rings. The number of rotatable bonds is 3. The van der Waals surface area contributed by atoms with Crippen molar-refractivity contribution < 1.29 is 13.6 Å². The zero-order valence-electron chi connectivity index (χ0n) is 6.88. The van der Waals surface area contributed by atoms with E-state index in [1.807, 2.05) is 6.92 Å². The molecule has 0 bridgehead atoms. The van der Waals surface area contributed by atoms with Gasteiger partial charge >= 0.3 is 6.43 Å². The summed E-state index contributed by atoms with van der Waals surface area (Å²) >= 11 is 1.14. The van der Waals surface area contributed by atoms with Crippen LogP contribution in [0.2, 0.25) is 0 Å². The van der Waals surface area contributed by atoms with Gasteiger partial charge in [-0.1, -0.05) is 6.92 Å². The van der Waals surface area contributed by atoms with Gasteiger partial charge in [-0.25, -0.2) is 4.98 Å². The second-order valence-corrected chi connectivity index (χ2v) is 3.13. The molecule has 1 rings (SSSR count). The Kier molecular flexibility index (Phi) is 3.30. The number of carbonyl (C=O) groups is 1. The van der Waals surface area contributed by atoms with E-state index >= 15 is 0 Å². The van der Waals surface area contributed by atoms with Gasteiger partial charge < -0.3 is 5.32 Å². The van der Waals surface area contributed by atoms with E-state index < -0.39 is 12.3 Å². The third-order valence-corrected chi connectivity index (χ3v) is 2.20. The number of hydrogen-bond acceptors (Lipinski definition) is 3. The maximum Gasteiger partial charge on any atom is 0.315 e. The van der Waals surface area contributed by atoms with Crippen LogP contribution in [0.5, 0.6) is 0 Å². The molecule has 6 heteroatoms. The van der Waals surface area contributed by atoms with Crippen LogP contribution < -0.4 is 5.32 Å². The van der Waals surface area contributed by atoms with Crippen molar-refractivity contribution in [2.75, 3.05) is 5.32 Å². The fourth-order valence-electron chi connectivity index (χ4n) is 0.789. The lowest BCUT2D eigenvalue weighted by molar-refractivity contribution is -0.126. The van der Waals surface area contributed by atoms with Crippen molar-refractivity contribution in [3.8, 4) is 0 Å². The number of hydrogen-bond donors (Lipinski definition) is 1. The summed E-state index contributed by atoms with van der Waals surface area (Å²) in [6, 6.07) is 0. The monoisotopic (exact) mass is 206 g/mol. The molecule has 0 saturated heterocycles. The topological polar surface area (TPSA) is 42.0 Å².